The van der Waals surface area contributed by atoms with Crippen LogP contribution in [0.4, 0.5) is 0 Å². The topological polar surface area (TPSA) is 81.8 Å². The van der Waals surface area contributed by atoms with Crippen molar-refractivity contribution in [2.75, 3.05) is 13.2 Å². The quantitative estimate of drug-likeness (QED) is 0.905. The highest BCUT2D eigenvalue weighted by Gasteiger charge is 2.22. The summed E-state index contributed by atoms with van der Waals surface area (Å²) in [5, 5.41) is 12.4. The molecule has 0 atom stereocenters. The summed E-state index contributed by atoms with van der Waals surface area (Å²) in [4.78, 5) is 10.9. The van der Waals surface area contributed by atoms with Crippen LogP contribution in [0.25, 0.3) is 11.3 Å². The molecule has 1 aromatic carbocycles. The minimum absolute atomic E-state index is 0.147. The number of carbonyl (C=O) groups is 1. The van der Waals surface area contributed by atoms with E-state index in [9.17, 15) is 4.79 Å². The molecule has 1 N–H and O–H groups in total. The van der Waals surface area contributed by atoms with Gasteiger partial charge in [-0.25, -0.2) is 4.79 Å². The van der Waals surface area contributed by atoms with Crippen molar-refractivity contribution in [1.29, 1.82) is 0 Å². The summed E-state index contributed by atoms with van der Waals surface area (Å²) in [6, 6.07) is 4.93. The highest BCUT2D eigenvalue weighted by molar-refractivity contribution is 9.10. The fourth-order valence-corrected chi connectivity index (χ4v) is 2.35. The van der Waals surface area contributed by atoms with Crippen LogP contribution in [0.1, 0.15) is 16.9 Å². The van der Waals surface area contributed by atoms with E-state index in [1.165, 1.54) is 6.07 Å². The fraction of sp³-hybridized carbons (Fsp3) is 0.231. The van der Waals surface area contributed by atoms with E-state index in [1.54, 1.807) is 12.1 Å². The fourth-order valence-electron chi connectivity index (χ4n) is 1.92. The van der Waals surface area contributed by atoms with Gasteiger partial charge in [0.2, 0.25) is 0 Å². The number of fused-ring (bicyclic) bond motifs is 1. The number of aromatic carboxylic acids is 1. The molecule has 0 amide bonds. The number of hydrogen-bond donors (Lipinski definition) is 1. The molecule has 3 rings (SSSR count). The Morgan fingerprint density at radius 2 is 2.00 bits per heavy atom. The highest BCUT2D eigenvalue weighted by atomic mass is 79.9. The Hall–Kier alpha value is -2.02. The molecule has 1 aromatic heterocycles. The van der Waals surface area contributed by atoms with Crippen molar-refractivity contribution in [3.05, 3.63) is 28.4 Å². The summed E-state index contributed by atoms with van der Waals surface area (Å²) in [6.07, 6.45) is 0.775. The zero-order valence-electron chi connectivity index (χ0n) is 10.3. The van der Waals surface area contributed by atoms with Crippen molar-refractivity contribution in [1.82, 2.24) is 5.16 Å². The van der Waals surface area contributed by atoms with E-state index in [-0.39, 0.29) is 5.69 Å². The molecule has 0 bridgehead atoms. The lowest BCUT2D eigenvalue weighted by Gasteiger charge is -2.12. The summed E-state index contributed by atoms with van der Waals surface area (Å²) in [5.41, 5.74) is 0.469. The standard InChI is InChI=1S/C13H10BrNO5/c14-8-3-2-7(10-6-9(13(16)17)15-20-10)11-12(8)19-5-1-4-18-11/h2-3,6H,1,4-5H2,(H,16,17). The first-order chi connectivity index (χ1) is 9.66. The van der Waals surface area contributed by atoms with Crippen LogP contribution in [0.3, 0.4) is 0 Å². The monoisotopic (exact) mass is 339 g/mol. The lowest BCUT2D eigenvalue weighted by Crippen LogP contribution is -1.98. The molecule has 7 heteroatoms. The average Bonchev–Trinajstić information content (AvgIpc) is 2.77. The van der Waals surface area contributed by atoms with E-state index < -0.39 is 5.97 Å². The van der Waals surface area contributed by atoms with Gasteiger partial charge >= 0.3 is 5.97 Å². The Bertz CT molecular complexity index is 667. The predicted molar refractivity (Wildman–Crippen MR) is 72.2 cm³/mol. The molecule has 20 heavy (non-hydrogen) atoms. The van der Waals surface area contributed by atoms with Crippen molar-refractivity contribution < 1.29 is 23.9 Å². The number of aromatic nitrogens is 1. The van der Waals surface area contributed by atoms with Gasteiger partial charge in [0.15, 0.2) is 23.0 Å². The van der Waals surface area contributed by atoms with Crippen LogP contribution in [0.15, 0.2) is 27.2 Å². The minimum atomic E-state index is -1.14. The van der Waals surface area contributed by atoms with Crippen LogP contribution >= 0.6 is 15.9 Å². The molecule has 1 aliphatic heterocycles. The summed E-state index contributed by atoms with van der Waals surface area (Å²) in [7, 11) is 0. The first-order valence-corrected chi connectivity index (χ1v) is 6.74. The first kappa shape index (κ1) is 13.0. The third-order valence-electron chi connectivity index (χ3n) is 2.84. The van der Waals surface area contributed by atoms with Gasteiger partial charge in [-0.15, -0.1) is 0 Å². The molecule has 2 heterocycles. The maximum absolute atomic E-state index is 10.9. The second-order valence-electron chi connectivity index (χ2n) is 4.19. The zero-order chi connectivity index (χ0) is 14.1. The van der Waals surface area contributed by atoms with Gasteiger partial charge in [-0.05, 0) is 28.1 Å². The van der Waals surface area contributed by atoms with Crippen molar-refractivity contribution in [3.8, 4) is 22.8 Å². The smallest absolute Gasteiger partial charge is 0.358 e. The number of rotatable bonds is 2. The summed E-state index contributed by atoms with van der Waals surface area (Å²) < 4.78 is 17.2. The Labute approximate surface area is 122 Å². The molecule has 0 radical (unpaired) electrons. The van der Waals surface area contributed by atoms with Crippen LogP contribution in [0.2, 0.25) is 0 Å². The molecule has 104 valence electrons. The SMILES string of the molecule is O=C(O)c1cc(-c2ccc(Br)c3c2OCCCO3)on1. The van der Waals surface area contributed by atoms with Crippen molar-refractivity contribution in [3.63, 3.8) is 0 Å². The number of carboxylic acids is 1. The third kappa shape index (κ3) is 2.24. The Kier molecular flexibility index (Phi) is 3.35. The highest BCUT2D eigenvalue weighted by Crippen LogP contribution is 2.44. The molecule has 0 saturated heterocycles. The molecular weight excluding hydrogens is 330 g/mol. The second-order valence-corrected chi connectivity index (χ2v) is 5.04. The Balaban J connectivity index is 2.11. The first-order valence-electron chi connectivity index (χ1n) is 5.95. The van der Waals surface area contributed by atoms with Crippen molar-refractivity contribution in [2.45, 2.75) is 6.42 Å². The molecule has 6 nitrogen and oxygen atoms in total. The molecule has 0 unspecified atom stereocenters. The van der Waals surface area contributed by atoms with Gasteiger partial charge < -0.3 is 19.1 Å². The predicted octanol–water partition coefficient (Wildman–Crippen LogP) is 2.96. The molecule has 0 saturated carbocycles. The van der Waals surface area contributed by atoms with Crippen molar-refractivity contribution >= 4 is 21.9 Å². The summed E-state index contributed by atoms with van der Waals surface area (Å²) in [6.45, 7) is 1.09. The van der Waals surface area contributed by atoms with Gasteiger partial charge in [-0.2, -0.15) is 0 Å². The third-order valence-corrected chi connectivity index (χ3v) is 3.46. The lowest BCUT2D eigenvalue weighted by molar-refractivity contribution is 0.0686. The van der Waals surface area contributed by atoms with E-state index >= 15 is 0 Å². The summed E-state index contributed by atoms with van der Waals surface area (Å²) in [5.74, 6) is 0.315. The van der Waals surface area contributed by atoms with Gasteiger partial charge in [0.05, 0.1) is 23.2 Å². The largest absolute Gasteiger partial charge is 0.489 e. The molecular formula is C13H10BrNO5. The molecule has 0 spiro atoms. The van der Waals surface area contributed by atoms with Crippen molar-refractivity contribution in [2.24, 2.45) is 0 Å². The molecule has 0 fully saturated rings. The van der Waals surface area contributed by atoms with Crippen LogP contribution < -0.4 is 9.47 Å². The van der Waals surface area contributed by atoms with Crippen LogP contribution in [0.5, 0.6) is 11.5 Å². The number of benzene rings is 1. The number of halogens is 1. The lowest BCUT2D eigenvalue weighted by atomic mass is 10.1. The van der Waals surface area contributed by atoms with Crippen LogP contribution in [-0.4, -0.2) is 29.4 Å². The van der Waals surface area contributed by atoms with Gasteiger partial charge in [0, 0.05) is 12.5 Å². The second kappa shape index (κ2) is 5.16. The van der Waals surface area contributed by atoms with Gasteiger partial charge in [-0.1, -0.05) is 5.16 Å². The van der Waals surface area contributed by atoms with Gasteiger partial charge in [0.1, 0.15) is 0 Å². The number of nitrogens with zero attached hydrogens (tertiary/aromatic N) is 1. The van der Waals surface area contributed by atoms with E-state index in [0.717, 1.165) is 10.9 Å². The van der Waals surface area contributed by atoms with Crippen LogP contribution in [-0.2, 0) is 0 Å². The number of ether oxygens (including phenoxy) is 2. The molecule has 1 aliphatic rings. The maximum atomic E-state index is 10.9. The minimum Gasteiger partial charge on any atom is -0.489 e. The van der Waals surface area contributed by atoms with E-state index in [1.807, 2.05) is 0 Å². The summed E-state index contributed by atoms with van der Waals surface area (Å²) >= 11 is 3.41. The van der Waals surface area contributed by atoms with Crippen LogP contribution in [0, 0.1) is 0 Å². The van der Waals surface area contributed by atoms with E-state index in [4.69, 9.17) is 19.1 Å². The van der Waals surface area contributed by atoms with E-state index in [2.05, 4.69) is 21.1 Å². The molecule has 2 aromatic rings. The Morgan fingerprint density at radius 3 is 2.70 bits per heavy atom. The molecule has 0 aliphatic carbocycles. The normalized spacial score (nSPS) is 13.8. The maximum Gasteiger partial charge on any atom is 0.358 e. The average molecular weight is 340 g/mol. The number of hydrogen-bond acceptors (Lipinski definition) is 5. The Morgan fingerprint density at radius 1 is 1.25 bits per heavy atom. The number of carboxylic acid groups (broad SMARTS) is 1. The van der Waals surface area contributed by atoms with E-state index in [0.29, 0.717) is 36.0 Å². The zero-order valence-corrected chi connectivity index (χ0v) is 11.8. The van der Waals surface area contributed by atoms with Gasteiger partial charge in [0.25, 0.3) is 0 Å². The van der Waals surface area contributed by atoms with Gasteiger partial charge in [-0.3, -0.25) is 0 Å².